The molecule has 9 heteroatoms. The first kappa shape index (κ1) is 27.2. The van der Waals surface area contributed by atoms with Crippen LogP contribution in [0, 0.1) is 6.92 Å². The minimum absolute atomic E-state index is 0.0282. The number of H-pyrrole nitrogens is 1. The molecule has 224 valence electrons. The lowest BCUT2D eigenvalue weighted by Gasteiger charge is -2.42. The van der Waals surface area contributed by atoms with E-state index >= 15 is 0 Å². The van der Waals surface area contributed by atoms with Crippen LogP contribution in [0.15, 0.2) is 131 Å². The first-order valence-corrected chi connectivity index (χ1v) is 14.7. The van der Waals surface area contributed by atoms with Crippen molar-refractivity contribution in [2.45, 2.75) is 12.5 Å². The molecule has 8 rings (SSSR count). The summed E-state index contributed by atoms with van der Waals surface area (Å²) in [6.45, 7) is 1.80. The van der Waals surface area contributed by atoms with E-state index in [1.165, 1.54) is 34.0 Å². The zero-order chi connectivity index (χ0) is 31.6. The molecule has 0 saturated heterocycles. The molecule has 0 radical (unpaired) electrons. The number of hydrogen-bond acceptors (Lipinski definition) is 6. The summed E-state index contributed by atoms with van der Waals surface area (Å²) in [6.07, 6.45) is 0. The van der Waals surface area contributed by atoms with Crippen LogP contribution in [0.3, 0.4) is 0 Å². The van der Waals surface area contributed by atoms with Gasteiger partial charge in [0.15, 0.2) is 0 Å². The molecule has 3 N–H and O–H groups in total. The summed E-state index contributed by atoms with van der Waals surface area (Å²) in [4.78, 5) is 28.8. The van der Waals surface area contributed by atoms with Crippen LogP contribution in [0.2, 0.25) is 0 Å². The van der Waals surface area contributed by atoms with Crippen molar-refractivity contribution in [3.8, 4) is 28.7 Å². The molecule has 1 amide bonds. The van der Waals surface area contributed by atoms with E-state index in [1.54, 1.807) is 31.2 Å². The van der Waals surface area contributed by atoms with Gasteiger partial charge in [-0.2, -0.15) is 5.10 Å². The van der Waals surface area contributed by atoms with Crippen LogP contribution in [0.1, 0.15) is 43.9 Å². The van der Waals surface area contributed by atoms with E-state index in [9.17, 15) is 19.8 Å². The van der Waals surface area contributed by atoms with Crippen LogP contribution in [0.5, 0.6) is 23.0 Å². The maximum atomic E-state index is 14.6. The van der Waals surface area contributed by atoms with Gasteiger partial charge in [0.05, 0.1) is 11.3 Å². The minimum atomic E-state index is -1.37. The van der Waals surface area contributed by atoms with Gasteiger partial charge in [0.25, 0.3) is 11.5 Å². The number of nitrogens with one attached hydrogen (secondary N) is 1. The first-order valence-electron chi connectivity index (χ1n) is 14.7. The lowest BCUT2D eigenvalue weighted by atomic mass is 9.75. The van der Waals surface area contributed by atoms with E-state index in [0.29, 0.717) is 62.0 Å². The maximum absolute atomic E-state index is 14.6. The summed E-state index contributed by atoms with van der Waals surface area (Å²) in [7, 11) is 0. The molecule has 0 saturated carbocycles. The zero-order valence-electron chi connectivity index (χ0n) is 24.5. The molecule has 6 aromatic rings. The topological polar surface area (TPSA) is 120 Å². The molecule has 2 aliphatic heterocycles. The standard InChI is InChI=1S/C37H26N4O5/c1-22-33(36(45)40(38-22)24-12-6-3-7-13-24)34(23-10-4-2-5-11-23)39-41-35(44)27-14-8-9-15-28(27)37(41)29-18-16-25(42)20-31(29)46-32-21-26(43)17-19-30(32)37/h2-21,38,42-43H,1H3/b39-34-. The second-order valence-electron chi connectivity index (χ2n) is 11.2. The number of aryl methyl sites for hydroxylation is 1. The second-order valence-corrected chi connectivity index (χ2v) is 11.2. The van der Waals surface area contributed by atoms with Crippen LogP contribution in [0.4, 0.5) is 0 Å². The van der Waals surface area contributed by atoms with Crippen LogP contribution in [0.25, 0.3) is 5.69 Å². The molecule has 1 aromatic heterocycles. The van der Waals surface area contributed by atoms with Gasteiger partial charge < -0.3 is 14.9 Å². The van der Waals surface area contributed by atoms with Gasteiger partial charge in [-0.25, -0.2) is 9.69 Å². The van der Waals surface area contributed by atoms with Crippen LogP contribution < -0.4 is 10.3 Å². The van der Waals surface area contributed by atoms with Gasteiger partial charge >= 0.3 is 0 Å². The van der Waals surface area contributed by atoms with Crippen molar-refractivity contribution in [3.63, 3.8) is 0 Å². The molecule has 46 heavy (non-hydrogen) atoms. The largest absolute Gasteiger partial charge is 0.508 e. The summed E-state index contributed by atoms with van der Waals surface area (Å²) >= 11 is 0. The summed E-state index contributed by atoms with van der Waals surface area (Å²) < 4.78 is 7.69. The van der Waals surface area contributed by atoms with E-state index in [1.807, 2.05) is 72.8 Å². The normalized spacial score (nSPS) is 14.5. The van der Waals surface area contributed by atoms with E-state index in [2.05, 4.69) is 5.10 Å². The summed E-state index contributed by atoms with van der Waals surface area (Å²) in [5.41, 5.74) is 2.93. The molecule has 0 unspecified atom stereocenters. The smallest absolute Gasteiger partial charge is 0.281 e. The lowest BCUT2D eigenvalue weighted by molar-refractivity contribution is 0.0673. The Balaban J connectivity index is 1.47. The Morgan fingerprint density at radius 3 is 1.98 bits per heavy atom. The lowest BCUT2D eigenvalue weighted by Crippen LogP contribution is -2.45. The number of rotatable bonds is 4. The molecule has 0 atom stereocenters. The van der Waals surface area contributed by atoms with Crippen molar-refractivity contribution >= 4 is 11.6 Å². The van der Waals surface area contributed by atoms with E-state index in [4.69, 9.17) is 9.84 Å². The van der Waals surface area contributed by atoms with Crippen molar-refractivity contribution < 1.29 is 19.7 Å². The molecule has 5 aromatic carbocycles. The third-order valence-electron chi connectivity index (χ3n) is 8.56. The number of aromatic hydroxyl groups is 2. The first-order chi connectivity index (χ1) is 22.4. The Morgan fingerprint density at radius 2 is 1.33 bits per heavy atom. The van der Waals surface area contributed by atoms with Gasteiger partial charge in [0.2, 0.25) is 0 Å². The Bertz CT molecular complexity index is 2220. The number of carbonyl (C=O) groups is 1. The van der Waals surface area contributed by atoms with Gasteiger partial charge in [0, 0.05) is 45.6 Å². The minimum Gasteiger partial charge on any atom is -0.508 e. The Kier molecular flexibility index (Phi) is 5.98. The van der Waals surface area contributed by atoms with Gasteiger partial charge in [-0.3, -0.25) is 14.7 Å². The number of fused-ring (bicyclic) bond motifs is 6. The van der Waals surface area contributed by atoms with Gasteiger partial charge in [0.1, 0.15) is 34.2 Å². The fourth-order valence-electron chi connectivity index (χ4n) is 6.59. The number of hydrogen-bond donors (Lipinski definition) is 3. The Morgan fingerprint density at radius 1 is 0.739 bits per heavy atom. The third kappa shape index (κ3) is 3.85. The van der Waals surface area contributed by atoms with Crippen LogP contribution in [-0.4, -0.2) is 36.6 Å². The average Bonchev–Trinajstić information content (AvgIpc) is 3.50. The second kappa shape index (κ2) is 10.1. The highest BCUT2D eigenvalue weighted by molar-refractivity contribution is 6.14. The number of hydrazone groups is 1. The predicted octanol–water partition coefficient (Wildman–Crippen LogP) is 6.19. The number of benzene rings is 5. The molecular weight excluding hydrogens is 580 g/mol. The Hall–Kier alpha value is -6.35. The predicted molar refractivity (Wildman–Crippen MR) is 172 cm³/mol. The van der Waals surface area contributed by atoms with Crippen molar-refractivity contribution in [3.05, 3.63) is 171 Å². The molecule has 0 aliphatic carbocycles. The monoisotopic (exact) mass is 606 g/mol. The number of nitrogens with zero attached hydrogens (tertiary/aromatic N) is 3. The molecule has 1 spiro atoms. The van der Waals surface area contributed by atoms with Gasteiger partial charge in [-0.15, -0.1) is 0 Å². The highest BCUT2D eigenvalue weighted by Crippen LogP contribution is 2.58. The third-order valence-corrected chi connectivity index (χ3v) is 8.56. The van der Waals surface area contributed by atoms with Crippen molar-refractivity contribution in [2.24, 2.45) is 5.10 Å². The van der Waals surface area contributed by atoms with Gasteiger partial charge in [-0.05, 0) is 49.4 Å². The summed E-state index contributed by atoms with van der Waals surface area (Å²) in [5, 5.41) is 30.7. The molecule has 0 fully saturated rings. The van der Waals surface area contributed by atoms with Crippen LogP contribution >= 0.6 is 0 Å². The van der Waals surface area contributed by atoms with E-state index < -0.39 is 5.54 Å². The van der Waals surface area contributed by atoms with E-state index in [0.717, 1.165) is 0 Å². The molecular formula is C37H26N4O5. The van der Waals surface area contributed by atoms with Gasteiger partial charge in [-0.1, -0.05) is 66.7 Å². The molecule has 9 nitrogen and oxygen atoms in total. The summed E-state index contributed by atoms with van der Waals surface area (Å²) in [5.74, 6) is 0.154. The summed E-state index contributed by atoms with van der Waals surface area (Å²) in [6, 6.07) is 35.2. The Labute approximate surface area is 262 Å². The number of para-hydroxylation sites is 1. The number of carbonyl (C=O) groups excluding carboxylic acids is 1. The molecule has 0 bridgehead atoms. The number of phenolic OH excluding ortho intramolecular Hbond substituents is 2. The number of ether oxygens (including phenoxy) is 1. The number of phenols is 2. The maximum Gasteiger partial charge on any atom is 0.281 e. The highest BCUT2D eigenvalue weighted by Gasteiger charge is 2.57. The molecule has 2 aliphatic rings. The average molecular weight is 607 g/mol. The quantitative estimate of drug-likeness (QED) is 0.207. The fourth-order valence-corrected chi connectivity index (χ4v) is 6.59. The fraction of sp³-hybridized carbons (Fsp3) is 0.0541. The number of aromatic nitrogens is 2. The van der Waals surface area contributed by atoms with E-state index in [-0.39, 0.29) is 23.0 Å². The highest BCUT2D eigenvalue weighted by atomic mass is 16.5. The van der Waals surface area contributed by atoms with Crippen molar-refractivity contribution in [1.29, 1.82) is 0 Å². The molecule has 3 heterocycles. The number of amides is 1. The zero-order valence-corrected chi connectivity index (χ0v) is 24.5. The SMILES string of the molecule is Cc1[nH]n(-c2ccccc2)c(=O)c1/C(=N\N1C(=O)c2ccccc2C12c1ccc(O)cc1Oc1cc(O)ccc12)c1ccccc1. The number of aromatic amines is 1. The van der Waals surface area contributed by atoms with Crippen LogP contribution in [-0.2, 0) is 5.54 Å². The van der Waals surface area contributed by atoms with Crippen molar-refractivity contribution in [1.82, 2.24) is 14.8 Å². The van der Waals surface area contributed by atoms with Crippen molar-refractivity contribution in [2.75, 3.05) is 0 Å².